The average Bonchev–Trinajstić information content (AvgIpc) is 3.11. The third-order valence-corrected chi connectivity index (χ3v) is 4.27. The summed E-state index contributed by atoms with van der Waals surface area (Å²) in [5, 5.41) is 2.99. The van der Waals surface area contributed by atoms with E-state index in [4.69, 9.17) is 0 Å². The fourth-order valence-electron chi connectivity index (χ4n) is 2.75. The van der Waals surface area contributed by atoms with Gasteiger partial charge in [0.1, 0.15) is 11.6 Å². The van der Waals surface area contributed by atoms with E-state index in [9.17, 15) is 4.79 Å². The molecule has 0 saturated heterocycles. The summed E-state index contributed by atoms with van der Waals surface area (Å²) >= 11 is 0. The van der Waals surface area contributed by atoms with Gasteiger partial charge in [-0.15, -0.1) is 0 Å². The first-order chi connectivity index (χ1) is 12.6. The number of pyridine rings is 1. The second kappa shape index (κ2) is 8.29. The van der Waals surface area contributed by atoms with Gasteiger partial charge >= 0.3 is 0 Å². The fourth-order valence-corrected chi connectivity index (χ4v) is 2.75. The van der Waals surface area contributed by atoms with Crippen molar-refractivity contribution >= 4 is 11.6 Å². The Morgan fingerprint density at radius 1 is 1.12 bits per heavy atom. The molecular formula is C20H23N5O. The van der Waals surface area contributed by atoms with E-state index < -0.39 is 0 Å². The van der Waals surface area contributed by atoms with Gasteiger partial charge in [0.05, 0.1) is 0 Å². The second-order valence-electron chi connectivity index (χ2n) is 6.11. The molecule has 6 heteroatoms. The molecule has 1 amide bonds. The molecule has 0 bridgehead atoms. The van der Waals surface area contributed by atoms with Crippen LogP contribution in [-0.2, 0) is 11.3 Å². The van der Waals surface area contributed by atoms with Crippen LogP contribution in [0, 0.1) is 6.92 Å². The van der Waals surface area contributed by atoms with Crippen LogP contribution in [0.25, 0.3) is 5.82 Å². The lowest BCUT2D eigenvalue weighted by Crippen LogP contribution is -2.28. The molecule has 3 rings (SSSR count). The molecule has 0 spiro atoms. The SMILES string of the molecule is Cc1nccn1-c1ncccc1CNC(=O)CCN(C)c1ccccc1. The summed E-state index contributed by atoms with van der Waals surface area (Å²) in [5.74, 6) is 1.68. The molecule has 0 aliphatic rings. The lowest BCUT2D eigenvalue weighted by molar-refractivity contribution is -0.121. The summed E-state index contributed by atoms with van der Waals surface area (Å²) in [6.45, 7) is 3.03. The number of carbonyl (C=O) groups is 1. The van der Waals surface area contributed by atoms with Crippen LogP contribution in [0.15, 0.2) is 61.1 Å². The number of para-hydroxylation sites is 1. The number of imidazole rings is 1. The summed E-state index contributed by atoms with van der Waals surface area (Å²) in [6, 6.07) is 13.9. The molecule has 0 unspecified atom stereocenters. The molecule has 26 heavy (non-hydrogen) atoms. The van der Waals surface area contributed by atoms with Gasteiger partial charge in [0.15, 0.2) is 0 Å². The van der Waals surface area contributed by atoms with Crippen molar-refractivity contribution in [2.24, 2.45) is 0 Å². The van der Waals surface area contributed by atoms with E-state index in [0.717, 1.165) is 22.9 Å². The van der Waals surface area contributed by atoms with Gasteiger partial charge in [0.25, 0.3) is 0 Å². The van der Waals surface area contributed by atoms with Crippen molar-refractivity contribution in [3.05, 3.63) is 72.4 Å². The van der Waals surface area contributed by atoms with Gasteiger partial charge in [-0.1, -0.05) is 24.3 Å². The molecule has 134 valence electrons. The molecule has 0 aliphatic carbocycles. The van der Waals surface area contributed by atoms with Crippen molar-refractivity contribution in [2.75, 3.05) is 18.5 Å². The zero-order chi connectivity index (χ0) is 18.4. The van der Waals surface area contributed by atoms with Gasteiger partial charge in [0, 0.05) is 56.4 Å². The van der Waals surface area contributed by atoms with E-state index in [0.29, 0.717) is 19.5 Å². The summed E-state index contributed by atoms with van der Waals surface area (Å²) in [6.07, 6.45) is 5.80. The molecule has 2 aromatic heterocycles. The van der Waals surface area contributed by atoms with Gasteiger partial charge < -0.3 is 10.2 Å². The highest BCUT2D eigenvalue weighted by Crippen LogP contribution is 2.13. The largest absolute Gasteiger partial charge is 0.374 e. The van der Waals surface area contributed by atoms with Crippen molar-refractivity contribution in [3.8, 4) is 5.82 Å². The zero-order valence-corrected chi connectivity index (χ0v) is 15.1. The minimum atomic E-state index is 0.0185. The Balaban J connectivity index is 1.56. The number of hydrogen-bond acceptors (Lipinski definition) is 4. The monoisotopic (exact) mass is 349 g/mol. The smallest absolute Gasteiger partial charge is 0.222 e. The minimum absolute atomic E-state index is 0.0185. The number of amides is 1. The first-order valence-electron chi connectivity index (χ1n) is 8.62. The van der Waals surface area contributed by atoms with Crippen molar-refractivity contribution < 1.29 is 4.79 Å². The number of aromatic nitrogens is 3. The van der Waals surface area contributed by atoms with Gasteiger partial charge in [-0.25, -0.2) is 9.97 Å². The molecule has 0 atom stereocenters. The van der Waals surface area contributed by atoms with E-state index >= 15 is 0 Å². The Morgan fingerprint density at radius 3 is 2.65 bits per heavy atom. The standard InChI is InChI=1S/C20H23N5O/c1-16-21-12-14-25(16)20-17(7-6-11-22-20)15-23-19(26)10-13-24(2)18-8-4-3-5-9-18/h3-9,11-12,14H,10,13,15H2,1-2H3,(H,23,26). The third kappa shape index (κ3) is 4.27. The van der Waals surface area contributed by atoms with Crippen LogP contribution < -0.4 is 10.2 Å². The van der Waals surface area contributed by atoms with E-state index in [1.807, 2.05) is 67.2 Å². The van der Waals surface area contributed by atoms with Crippen molar-refractivity contribution in [3.63, 3.8) is 0 Å². The molecule has 1 N–H and O–H groups in total. The number of anilines is 1. The van der Waals surface area contributed by atoms with Crippen LogP contribution in [0.3, 0.4) is 0 Å². The van der Waals surface area contributed by atoms with E-state index in [2.05, 4.69) is 20.2 Å². The zero-order valence-electron chi connectivity index (χ0n) is 15.1. The number of carbonyl (C=O) groups excluding carboxylic acids is 1. The highest BCUT2D eigenvalue weighted by molar-refractivity contribution is 5.76. The van der Waals surface area contributed by atoms with Crippen LogP contribution in [0.5, 0.6) is 0 Å². The van der Waals surface area contributed by atoms with Gasteiger partial charge in [-0.3, -0.25) is 9.36 Å². The second-order valence-corrected chi connectivity index (χ2v) is 6.11. The van der Waals surface area contributed by atoms with Crippen LogP contribution in [0.2, 0.25) is 0 Å². The number of benzene rings is 1. The number of hydrogen-bond donors (Lipinski definition) is 1. The minimum Gasteiger partial charge on any atom is -0.374 e. The summed E-state index contributed by atoms with van der Waals surface area (Å²) in [7, 11) is 1.99. The number of nitrogens with zero attached hydrogens (tertiary/aromatic N) is 4. The Bertz CT molecular complexity index is 859. The number of rotatable bonds is 7. The molecule has 6 nitrogen and oxygen atoms in total. The molecule has 0 fully saturated rings. The van der Waals surface area contributed by atoms with Gasteiger partial charge in [0.2, 0.25) is 5.91 Å². The van der Waals surface area contributed by atoms with E-state index in [1.165, 1.54) is 0 Å². The first kappa shape index (κ1) is 17.7. The molecule has 2 heterocycles. The fraction of sp³-hybridized carbons (Fsp3) is 0.250. The quantitative estimate of drug-likeness (QED) is 0.712. The topological polar surface area (TPSA) is 63.1 Å². The number of aryl methyl sites for hydroxylation is 1. The highest BCUT2D eigenvalue weighted by atomic mass is 16.1. The van der Waals surface area contributed by atoms with Crippen LogP contribution in [0.1, 0.15) is 17.8 Å². The van der Waals surface area contributed by atoms with E-state index in [1.54, 1.807) is 12.4 Å². The maximum Gasteiger partial charge on any atom is 0.222 e. The highest BCUT2D eigenvalue weighted by Gasteiger charge is 2.10. The Morgan fingerprint density at radius 2 is 1.92 bits per heavy atom. The predicted molar refractivity (Wildman–Crippen MR) is 102 cm³/mol. The third-order valence-electron chi connectivity index (χ3n) is 4.27. The first-order valence-corrected chi connectivity index (χ1v) is 8.62. The molecule has 1 aromatic carbocycles. The molecule has 0 aliphatic heterocycles. The van der Waals surface area contributed by atoms with Gasteiger partial charge in [-0.05, 0) is 25.1 Å². The average molecular weight is 349 g/mol. The summed E-state index contributed by atoms with van der Waals surface area (Å²) in [4.78, 5) is 23.0. The lowest BCUT2D eigenvalue weighted by atomic mass is 10.2. The normalized spacial score (nSPS) is 10.5. The van der Waals surface area contributed by atoms with Crippen molar-refractivity contribution in [1.82, 2.24) is 19.9 Å². The van der Waals surface area contributed by atoms with Crippen LogP contribution >= 0.6 is 0 Å². The van der Waals surface area contributed by atoms with Crippen LogP contribution in [0.4, 0.5) is 5.69 Å². The Kier molecular flexibility index (Phi) is 5.63. The maximum absolute atomic E-state index is 12.2. The number of nitrogens with one attached hydrogen (secondary N) is 1. The summed E-state index contributed by atoms with van der Waals surface area (Å²) < 4.78 is 1.92. The van der Waals surface area contributed by atoms with Crippen molar-refractivity contribution in [2.45, 2.75) is 19.9 Å². The van der Waals surface area contributed by atoms with Crippen molar-refractivity contribution in [1.29, 1.82) is 0 Å². The Hall–Kier alpha value is -3.15. The predicted octanol–water partition coefficient (Wildman–Crippen LogP) is 2.72. The molecular weight excluding hydrogens is 326 g/mol. The molecule has 3 aromatic rings. The van der Waals surface area contributed by atoms with E-state index in [-0.39, 0.29) is 5.91 Å². The summed E-state index contributed by atoms with van der Waals surface area (Å²) in [5.41, 5.74) is 2.06. The van der Waals surface area contributed by atoms with Crippen LogP contribution in [-0.4, -0.2) is 34.0 Å². The molecule has 0 saturated carbocycles. The maximum atomic E-state index is 12.2. The Labute approximate surface area is 153 Å². The molecule has 0 radical (unpaired) electrons. The van der Waals surface area contributed by atoms with Gasteiger partial charge in [-0.2, -0.15) is 0 Å². The lowest BCUT2D eigenvalue weighted by Gasteiger charge is -2.19.